The van der Waals surface area contributed by atoms with Gasteiger partial charge in [-0.15, -0.1) is 0 Å². The van der Waals surface area contributed by atoms with Crippen LogP contribution in [0, 0.1) is 5.92 Å². The van der Waals surface area contributed by atoms with Crippen LogP contribution in [0.3, 0.4) is 0 Å². The summed E-state index contributed by atoms with van der Waals surface area (Å²) in [6.07, 6.45) is 4.80. The maximum absolute atomic E-state index is 11.8. The zero-order valence-corrected chi connectivity index (χ0v) is 12.0. The molecule has 0 bridgehead atoms. The summed E-state index contributed by atoms with van der Waals surface area (Å²) in [7, 11) is 0. The highest BCUT2D eigenvalue weighted by molar-refractivity contribution is 5.92. The van der Waals surface area contributed by atoms with Crippen LogP contribution in [0.15, 0.2) is 35.3 Å². The molecule has 1 aliphatic rings. The van der Waals surface area contributed by atoms with Gasteiger partial charge in [-0.1, -0.05) is 25.0 Å². The lowest BCUT2D eigenvalue weighted by Gasteiger charge is -2.10. The van der Waals surface area contributed by atoms with E-state index in [1.54, 1.807) is 0 Å². The summed E-state index contributed by atoms with van der Waals surface area (Å²) in [5.74, 6) is 1.02. The number of para-hydroxylation sites is 1. The van der Waals surface area contributed by atoms with Crippen molar-refractivity contribution in [3.8, 4) is 17.1 Å². The number of amides is 1. The summed E-state index contributed by atoms with van der Waals surface area (Å²) in [6.45, 7) is 0.644. The maximum atomic E-state index is 11.8. The molecule has 6 heteroatoms. The minimum absolute atomic E-state index is 0.157. The van der Waals surface area contributed by atoms with E-state index in [0.29, 0.717) is 23.7 Å². The predicted molar refractivity (Wildman–Crippen MR) is 81.6 cm³/mol. The van der Waals surface area contributed by atoms with Gasteiger partial charge in [0.2, 0.25) is 0 Å². The van der Waals surface area contributed by atoms with Crippen molar-refractivity contribution < 1.29 is 9.53 Å². The van der Waals surface area contributed by atoms with Crippen LogP contribution in [0.5, 0.6) is 5.75 Å². The monoisotopic (exact) mass is 299 g/mol. The average Bonchev–Trinajstić information content (AvgIpc) is 3.31. The summed E-state index contributed by atoms with van der Waals surface area (Å²) in [4.78, 5) is 29.6. The van der Waals surface area contributed by atoms with E-state index in [1.807, 2.05) is 24.3 Å². The van der Waals surface area contributed by atoms with Crippen molar-refractivity contribution in [1.29, 1.82) is 0 Å². The molecule has 0 spiro atoms. The molecule has 0 unspecified atom stereocenters. The molecule has 22 heavy (non-hydrogen) atoms. The van der Waals surface area contributed by atoms with Crippen molar-refractivity contribution in [2.24, 2.45) is 11.7 Å². The van der Waals surface area contributed by atoms with Gasteiger partial charge in [-0.3, -0.25) is 9.59 Å². The van der Waals surface area contributed by atoms with E-state index in [-0.39, 0.29) is 5.56 Å². The minimum atomic E-state index is -0.797. The Morgan fingerprint density at radius 3 is 2.82 bits per heavy atom. The predicted octanol–water partition coefficient (Wildman–Crippen LogP) is 1.71. The van der Waals surface area contributed by atoms with Crippen LogP contribution in [0.1, 0.15) is 29.6 Å². The molecule has 3 rings (SSSR count). The van der Waals surface area contributed by atoms with Gasteiger partial charge in [0.1, 0.15) is 17.1 Å². The SMILES string of the molecule is NC(=O)c1cnc(-c2ccccc2OCCC2CC2)[nH]c1=O. The Bertz CT molecular complexity index is 750. The molecule has 6 nitrogen and oxygen atoms in total. The number of aromatic nitrogens is 2. The number of carbonyl (C=O) groups is 1. The second-order valence-electron chi connectivity index (χ2n) is 5.42. The number of rotatable bonds is 6. The van der Waals surface area contributed by atoms with Crippen molar-refractivity contribution >= 4 is 5.91 Å². The molecule has 1 saturated carbocycles. The Hall–Kier alpha value is -2.63. The van der Waals surface area contributed by atoms with E-state index < -0.39 is 11.5 Å². The van der Waals surface area contributed by atoms with Crippen molar-refractivity contribution in [2.45, 2.75) is 19.3 Å². The summed E-state index contributed by atoms with van der Waals surface area (Å²) in [5.41, 5.74) is 5.09. The van der Waals surface area contributed by atoms with Crippen LogP contribution >= 0.6 is 0 Å². The van der Waals surface area contributed by atoms with Gasteiger partial charge in [-0.05, 0) is 24.5 Å². The Morgan fingerprint density at radius 2 is 2.14 bits per heavy atom. The number of nitrogens with zero attached hydrogens (tertiary/aromatic N) is 1. The standard InChI is InChI=1S/C16H17N3O3/c17-14(20)12-9-18-15(19-16(12)21)11-3-1-2-4-13(11)22-8-7-10-5-6-10/h1-4,9-10H,5-8H2,(H2,17,20)(H,18,19,21). The second kappa shape index (κ2) is 6.01. The molecule has 1 aromatic carbocycles. The Labute approximate surface area is 127 Å². The maximum Gasteiger partial charge on any atom is 0.264 e. The number of hydrogen-bond donors (Lipinski definition) is 2. The Kier molecular flexibility index (Phi) is 3.91. The number of carbonyl (C=O) groups excluding carboxylic acids is 1. The first-order valence-corrected chi connectivity index (χ1v) is 7.26. The second-order valence-corrected chi connectivity index (χ2v) is 5.42. The molecule has 0 aliphatic heterocycles. The van der Waals surface area contributed by atoms with Crippen LogP contribution in [0.4, 0.5) is 0 Å². The van der Waals surface area contributed by atoms with Crippen LogP contribution in [0.25, 0.3) is 11.4 Å². The molecule has 1 fully saturated rings. The van der Waals surface area contributed by atoms with Gasteiger partial charge >= 0.3 is 0 Å². The lowest BCUT2D eigenvalue weighted by molar-refractivity contribution is 0.0998. The molecular weight excluding hydrogens is 282 g/mol. The van der Waals surface area contributed by atoms with Gasteiger partial charge in [0.25, 0.3) is 11.5 Å². The van der Waals surface area contributed by atoms with Crippen LogP contribution < -0.4 is 16.0 Å². The smallest absolute Gasteiger partial charge is 0.264 e. The summed E-state index contributed by atoms with van der Waals surface area (Å²) in [5, 5.41) is 0. The average molecular weight is 299 g/mol. The van der Waals surface area contributed by atoms with Crippen molar-refractivity contribution in [1.82, 2.24) is 9.97 Å². The lowest BCUT2D eigenvalue weighted by atomic mass is 10.2. The van der Waals surface area contributed by atoms with Crippen molar-refractivity contribution in [3.63, 3.8) is 0 Å². The third kappa shape index (κ3) is 3.16. The van der Waals surface area contributed by atoms with Crippen LogP contribution in [0.2, 0.25) is 0 Å². The molecule has 2 aromatic rings. The lowest BCUT2D eigenvalue weighted by Crippen LogP contribution is -2.24. The first kappa shape index (κ1) is 14.3. The van der Waals surface area contributed by atoms with E-state index in [1.165, 1.54) is 19.0 Å². The number of benzene rings is 1. The molecule has 0 saturated heterocycles. The van der Waals surface area contributed by atoms with Crippen molar-refractivity contribution in [3.05, 3.63) is 46.4 Å². The third-order valence-corrected chi connectivity index (χ3v) is 3.69. The molecule has 0 atom stereocenters. The fourth-order valence-electron chi connectivity index (χ4n) is 2.24. The van der Waals surface area contributed by atoms with E-state index >= 15 is 0 Å². The topological polar surface area (TPSA) is 98.1 Å². The summed E-state index contributed by atoms with van der Waals surface area (Å²) in [6, 6.07) is 7.36. The molecular formula is C16H17N3O3. The third-order valence-electron chi connectivity index (χ3n) is 3.69. The first-order chi connectivity index (χ1) is 10.6. The van der Waals surface area contributed by atoms with Gasteiger partial charge in [-0.25, -0.2) is 4.98 Å². The highest BCUT2D eigenvalue weighted by Crippen LogP contribution is 2.33. The molecule has 3 N–H and O–H groups in total. The zero-order chi connectivity index (χ0) is 15.5. The minimum Gasteiger partial charge on any atom is -0.493 e. The first-order valence-electron chi connectivity index (χ1n) is 7.26. The summed E-state index contributed by atoms with van der Waals surface area (Å²) < 4.78 is 5.81. The number of nitrogens with two attached hydrogens (primary N) is 1. The highest BCUT2D eigenvalue weighted by Gasteiger charge is 2.21. The zero-order valence-electron chi connectivity index (χ0n) is 12.0. The molecule has 1 amide bonds. The summed E-state index contributed by atoms with van der Waals surface area (Å²) >= 11 is 0. The molecule has 1 heterocycles. The number of H-pyrrole nitrogens is 1. The highest BCUT2D eigenvalue weighted by atomic mass is 16.5. The largest absolute Gasteiger partial charge is 0.493 e. The fourth-order valence-corrected chi connectivity index (χ4v) is 2.24. The number of nitrogens with one attached hydrogen (secondary N) is 1. The van der Waals surface area contributed by atoms with E-state index in [0.717, 1.165) is 12.3 Å². The fraction of sp³-hybridized carbons (Fsp3) is 0.312. The normalized spacial score (nSPS) is 13.8. The number of hydrogen-bond acceptors (Lipinski definition) is 4. The molecule has 114 valence electrons. The number of aromatic amines is 1. The number of ether oxygens (including phenoxy) is 1. The molecule has 1 aliphatic carbocycles. The van der Waals surface area contributed by atoms with Gasteiger partial charge in [-0.2, -0.15) is 0 Å². The molecule has 1 aromatic heterocycles. The van der Waals surface area contributed by atoms with Gasteiger partial charge in [0.05, 0.1) is 12.2 Å². The van der Waals surface area contributed by atoms with Gasteiger partial charge in [0.15, 0.2) is 0 Å². The quantitative estimate of drug-likeness (QED) is 0.848. The van der Waals surface area contributed by atoms with E-state index in [2.05, 4.69) is 9.97 Å². The Balaban J connectivity index is 1.85. The Morgan fingerprint density at radius 1 is 1.36 bits per heavy atom. The van der Waals surface area contributed by atoms with Crippen molar-refractivity contribution in [2.75, 3.05) is 6.61 Å². The van der Waals surface area contributed by atoms with Crippen LogP contribution in [-0.4, -0.2) is 22.5 Å². The molecule has 0 radical (unpaired) electrons. The van der Waals surface area contributed by atoms with E-state index in [4.69, 9.17) is 10.5 Å². The van der Waals surface area contributed by atoms with Gasteiger partial charge < -0.3 is 15.5 Å². The van der Waals surface area contributed by atoms with Gasteiger partial charge in [0, 0.05) is 6.20 Å². The van der Waals surface area contributed by atoms with Crippen LogP contribution in [-0.2, 0) is 0 Å². The van der Waals surface area contributed by atoms with E-state index in [9.17, 15) is 9.59 Å². The number of primary amides is 1.